The van der Waals surface area contributed by atoms with E-state index in [1.165, 1.54) is 0 Å². The molecule has 186 valence electrons. The number of hydrogen-bond acceptors (Lipinski definition) is 0. The fraction of sp³-hybridized carbons (Fsp3) is 0.545. The van der Waals surface area contributed by atoms with Crippen LogP contribution >= 0.6 is 0 Å². The summed E-state index contributed by atoms with van der Waals surface area (Å²) >= 11 is 0. The van der Waals surface area contributed by atoms with Gasteiger partial charge in [0, 0.05) is 34.1 Å². The van der Waals surface area contributed by atoms with Crippen molar-refractivity contribution in [3.63, 3.8) is 0 Å². The van der Waals surface area contributed by atoms with Crippen molar-refractivity contribution in [3.05, 3.63) is 72.8 Å². The van der Waals surface area contributed by atoms with Crippen molar-refractivity contribution in [3.8, 4) is 0 Å². The minimum absolute atomic E-state index is 0. The Kier molecular flexibility index (Phi) is 21.5. The van der Waals surface area contributed by atoms with Crippen molar-refractivity contribution in [2.24, 2.45) is 0 Å². The van der Waals surface area contributed by atoms with Crippen LogP contribution in [0.5, 0.6) is 0 Å². The van der Waals surface area contributed by atoms with Crippen LogP contribution in [-0.4, -0.2) is 41.0 Å². The summed E-state index contributed by atoms with van der Waals surface area (Å²) in [5.41, 5.74) is 19.4. The van der Waals surface area contributed by atoms with E-state index < -0.39 is 32.9 Å². The Morgan fingerprint density at radius 2 is 0.906 bits per heavy atom. The summed E-state index contributed by atoms with van der Waals surface area (Å²) in [6.07, 6.45) is 10.0. The average Bonchev–Trinajstić information content (AvgIpc) is 3.28. The molecule has 4 nitrogen and oxygen atoms in total. The largest absolute Gasteiger partial charge is 0.557 e. The summed E-state index contributed by atoms with van der Waals surface area (Å²) in [6.45, 7) is 25.9. The third kappa shape index (κ3) is 21.9. The zero-order valence-corrected chi connectivity index (χ0v) is 28.7. The van der Waals surface area contributed by atoms with Crippen molar-refractivity contribution in [2.45, 2.75) is 78.6 Å². The first-order valence-electron chi connectivity index (χ1n) is 10.6. The molecule has 1 aromatic carbocycles. The quantitative estimate of drug-likeness (QED) is 0.195. The fourth-order valence-electron chi connectivity index (χ4n) is 2.65. The standard InChI is InChI=1S/2C6H18N2Si2.2C5H5.2Mn/c2*1-9(2,3)8(7)10(4,5)6;2*1-2-4-5-3-1;;/h2*1-6H3;2*1-5H;;/q;;2*-1;;. The Labute approximate surface area is 225 Å². The van der Waals surface area contributed by atoms with Crippen LogP contribution in [0.15, 0.2) is 42.5 Å². The summed E-state index contributed by atoms with van der Waals surface area (Å²) in [7, 11) is -5.78. The van der Waals surface area contributed by atoms with Crippen LogP contribution in [0.25, 0.3) is 11.1 Å². The van der Waals surface area contributed by atoms with Crippen molar-refractivity contribution < 1.29 is 42.2 Å². The van der Waals surface area contributed by atoms with Gasteiger partial charge in [0.05, 0.1) is 0 Å². The first-order chi connectivity index (χ1) is 13.3. The normalized spacial score (nSPS) is 12.6. The molecule has 0 bridgehead atoms. The summed E-state index contributed by atoms with van der Waals surface area (Å²) in [4.78, 5) is 0. The van der Waals surface area contributed by atoms with Gasteiger partial charge < -0.3 is 19.1 Å². The van der Waals surface area contributed by atoms with Crippen molar-refractivity contribution in [2.75, 3.05) is 0 Å². The van der Waals surface area contributed by atoms with Gasteiger partial charge in [-0.25, -0.2) is 30.7 Å². The minimum Gasteiger partial charge on any atom is -0.557 e. The monoisotopic (exact) mass is 588 g/mol. The molecular weight excluding hydrogens is 542 g/mol. The first kappa shape index (κ1) is 39.3. The molecular formula is C22H46Mn2N4Si4-2. The Bertz CT molecular complexity index is 546. The Morgan fingerprint density at radius 3 is 0.969 bits per heavy atom. The van der Waals surface area contributed by atoms with E-state index in [2.05, 4.69) is 78.6 Å². The van der Waals surface area contributed by atoms with Gasteiger partial charge in [-0.05, 0) is 78.6 Å². The van der Waals surface area contributed by atoms with Gasteiger partial charge >= 0.3 is 32.9 Å². The van der Waals surface area contributed by atoms with Gasteiger partial charge in [-0.1, -0.05) is 0 Å². The van der Waals surface area contributed by atoms with Gasteiger partial charge in [0.1, 0.15) is 0 Å². The number of nitrogens with zero attached hydrogens (tertiary/aromatic N) is 4. The van der Waals surface area contributed by atoms with Crippen molar-refractivity contribution in [1.29, 1.82) is 0 Å². The molecule has 1 aromatic rings. The van der Waals surface area contributed by atoms with E-state index >= 15 is 0 Å². The van der Waals surface area contributed by atoms with Crippen LogP contribution in [0.4, 0.5) is 0 Å². The van der Waals surface area contributed by atoms with E-state index in [0.29, 0.717) is 0 Å². The maximum atomic E-state index is 9.68. The Balaban J connectivity index is -0.000000166. The zero-order chi connectivity index (χ0) is 24.2. The molecule has 0 saturated carbocycles. The van der Waals surface area contributed by atoms with Crippen LogP contribution in [0.1, 0.15) is 0 Å². The van der Waals surface area contributed by atoms with E-state index in [1.54, 1.807) is 8.06 Å². The molecule has 0 saturated heterocycles. The molecule has 0 amide bonds. The molecule has 1 aliphatic carbocycles. The molecule has 0 atom stereocenters. The zero-order valence-electron chi connectivity index (χ0n) is 22.3. The fourth-order valence-corrected chi connectivity index (χ4v) is 18.8. The molecule has 0 N–H and O–H groups in total. The third-order valence-corrected chi connectivity index (χ3v) is 16.8. The van der Waals surface area contributed by atoms with Crippen molar-refractivity contribution in [1.82, 2.24) is 0 Å². The van der Waals surface area contributed by atoms with Gasteiger partial charge in [0.2, 0.25) is 0 Å². The molecule has 0 unspecified atom stereocenters. The van der Waals surface area contributed by atoms with E-state index in [9.17, 15) is 11.1 Å². The molecule has 0 spiro atoms. The van der Waals surface area contributed by atoms with Crippen molar-refractivity contribution >= 4 is 32.9 Å². The number of allylic oxidation sites excluding steroid dienone is 2. The Hall–Kier alpha value is 0.0665. The molecule has 0 fully saturated rings. The number of rotatable bonds is 4. The first-order valence-corrected chi connectivity index (χ1v) is 24.4. The predicted molar refractivity (Wildman–Crippen MR) is 145 cm³/mol. The molecule has 0 aromatic heterocycles. The molecule has 1 aliphatic rings. The van der Waals surface area contributed by atoms with E-state index in [0.717, 1.165) is 0 Å². The topological polar surface area (TPSA) is 50.6 Å². The molecule has 32 heavy (non-hydrogen) atoms. The molecule has 2 rings (SSSR count). The van der Waals surface area contributed by atoms with Gasteiger partial charge in [0.25, 0.3) is 0 Å². The van der Waals surface area contributed by atoms with Gasteiger partial charge in [0.15, 0.2) is 0 Å². The van der Waals surface area contributed by atoms with Crippen LogP contribution in [0.2, 0.25) is 78.6 Å². The maximum Gasteiger partial charge on any atom is 0.317 e. The summed E-state index contributed by atoms with van der Waals surface area (Å²) < 4.78 is 3.31. The summed E-state index contributed by atoms with van der Waals surface area (Å²) in [5, 5.41) is 0. The molecule has 4 radical (unpaired) electrons. The van der Waals surface area contributed by atoms with E-state index in [1.807, 2.05) is 61.7 Å². The smallest absolute Gasteiger partial charge is 0.317 e. The van der Waals surface area contributed by atoms with Gasteiger partial charge in [-0.2, -0.15) is 18.2 Å². The molecule has 0 aliphatic heterocycles. The van der Waals surface area contributed by atoms with Crippen LogP contribution in [-0.2, 0) is 34.1 Å². The summed E-state index contributed by atoms with van der Waals surface area (Å²) in [6, 6.07) is 10.0. The maximum absolute atomic E-state index is 9.68. The van der Waals surface area contributed by atoms with Gasteiger partial charge in [-0.15, -0.1) is 12.8 Å². The van der Waals surface area contributed by atoms with Gasteiger partial charge in [-0.3, -0.25) is 0 Å². The minimum atomic E-state index is -1.45. The predicted octanol–water partition coefficient (Wildman–Crippen LogP) is 7.95. The second-order valence-corrected chi connectivity index (χ2v) is 31.2. The Morgan fingerprint density at radius 1 is 0.594 bits per heavy atom. The van der Waals surface area contributed by atoms with Crippen LogP contribution in [0, 0.1) is 19.3 Å². The average molecular weight is 589 g/mol. The van der Waals surface area contributed by atoms with Crippen LogP contribution < -0.4 is 0 Å². The molecule has 10 heteroatoms. The SMILES string of the molecule is C[Si](C)(C)[N+](=[N-])[Si](C)(C)C.C[Si](C)(C)[N+](=[N-])[Si](C)(C)C.[CH]1[CH][CH-]C=C1.[Mn].[Mn].c1cc[cH-]c1. The van der Waals surface area contributed by atoms with E-state index in [-0.39, 0.29) is 34.1 Å². The number of hydrogen-bond donors (Lipinski definition) is 0. The van der Waals surface area contributed by atoms with Crippen LogP contribution in [0.3, 0.4) is 0 Å². The molecule has 0 heterocycles. The third-order valence-electron chi connectivity index (χ3n) is 3.65. The summed E-state index contributed by atoms with van der Waals surface area (Å²) in [5.74, 6) is 0. The second-order valence-electron chi connectivity index (χ2n) is 11.2. The second kappa shape index (κ2) is 17.5. The van der Waals surface area contributed by atoms with E-state index in [4.69, 9.17) is 0 Å².